The summed E-state index contributed by atoms with van der Waals surface area (Å²) in [5.41, 5.74) is 5.10. The predicted octanol–water partition coefficient (Wildman–Crippen LogP) is 2.56. The fraction of sp³-hybridized carbons (Fsp3) is 0.412. The van der Waals surface area contributed by atoms with E-state index in [1.807, 2.05) is 6.07 Å². The average Bonchev–Trinajstić information content (AvgIpc) is 2.46. The van der Waals surface area contributed by atoms with Crippen LogP contribution in [0.2, 0.25) is 0 Å². The van der Waals surface area contributed by atoms with Crippen LogP contribution in [0, 0.1) is 13.8 Å². The number of nitrogens with zero attached hydrogens (tertiary/aromatic N) is 2. The van der Waals surface area contributed by atoms with E-state index in [2.05, 4.69) is 49.4 Å². The van der Waals surface area contributed by atoms with Gasteiger partial charge in [-0.3, -0.25) is 4.79 Å². The molecule has 2 aromatic rings. The third-order valence-electron chi connectivity index (χ3n) is 3.68. The van der Waals surface area contributed by atoms with Gasteiger partial charge in [0.2, 0.25) is 0 Å². The molecule has 21 heavy (non-hydrogen) atoms. The van der Waals surface area contributed by atoms with Crippen molar-refractivity contribution >= 4 is 0 Å². The highest BCUT2D eigenvalue weighted by Crippen LogP contribution is 2.20. The summed E-state index contributed by atoms with van der Waals surface area (Å²) in [6, 6.07) is 8.16. The summed E-state index contributed by atoms with van der Waals surface area (Å²) in [6.07, 6.45) is 1.05. The van der Waals surface area contributed by atoms with E-state index in [4.69, 9.17) is 0 Å². The van der Waals surface area contributed by atoms with Gasteiger partial charge in [0.15, 0.2) is 0 Å². The van der Waals surface area contributed by atoms with Crippen LogP contribution in [0.5, 0.6) is 0 Å². The van der Waals surface area contributed by atoms with Crippen LogP contribution in [-0.4, -0.2) is 16.3 Å². The van der Waals surface area contributed by atoms with Crippen LogP contribution >= 0.6 is 0 Å². The Morgan fingerprint density at radius 3 is 2.62 bits per heavy atom. The smallest absolute Gasteiger partial charge is 0.271 e. The lowest BCUT2D eigenvalue weighted by Crippen LogP contribution is -2.27. The maximum absolute atomic E-state index is 12.1. The van der Waals surface area contributed by atoms with E-state index in [1.165, 1.54) is 15.8 Å². The first kappa shape index (κ1) is 15.4. The largest absolute Gasteiger partial charge is 0.312 e. The van der Waals surface area contributed by atoms with Gasteiger partial charge in [-0.1, -0.05) is 19.1 Å². The summed E-state index contributed by atoms with van der Waals surface area (Å²) >= 11 is 0. The molecule has 1 aromatic carbocycles. The van der Waals surface area contributed by atoms with E-state index in [0.29, 0.717) is 6.54 Å². The maximum Gasteiger partial charge on any atom is 0.271 e. The molecular formula is C17H23N3O. The molecule has 0 atom stereocenters. The zero-order valence-corrected chi connectivity index (χ0v) is 13.2. The summed E-state index contributed by atoms with van der Waals surface area (Å²) in [5.74, 6) is 0. The second kappa shape index (κ2) is 6.68. The highest BCUT2D eigenvalue weighted by atomic mass is 16.1. The van der Waals surface area contributed by atoms with E-state index in [0.717, 1.165) is 29.8 Å². The predicted molar refractivity (Wildman–Crippen MR) is 86.4 cm³/mol. The molecule has 0 unspecified atom stereocenters. The molecule has 0 aliphatic heterocycles. The van der Waals surface area contributed by atoms with Crippen LogP contribution in [0.4, 0.5) is 0 Å². The summed E-state index contributed by atoms with van der Waals surface area (Å²) in [6.45, 7) is 7.78. The van der Waals surface area contributed by atoms with Crippen LogP contribution in [0.25, 0.3) is 11.3 Å². The van der Waals surface area contributed by atoms with Crippen molar-refractivity contribution in [2.24, 2.45) is 7.05 Å². The number of aryl methyl sites for hydroxylation is 3. The molecule has 2 rings (SSSR count). The van der Waals surface area contributed by atoms with Crippen LogP contribution in [-0.2, 0) is 13.6 Å². The second-order valence-electron chi connectivity index (χ2n) is 5.46. The Balaban J connectivity index is 2.40. The van der Waals surface area contributed by atoms with Crippen molar-refractivity contribution in [3.05, 3.63) is 51.3 Å². The summed E-state index contributed by atoms with van der Waals surface area (Å²) in [5, 5.41) is 7.66. The van der Waals surface area contributed by atoms with Gasteiger partial charge < -0.3 is 5.32 Å². The Bertz CT molecular complexity index is 689. The highest BCUT2D eigenvalue weighted by Gasteiger charge is 2.08. The Labute approximate surface area is 125 Å². The van der Waals surface area contributed by atoms with Crippen LogP contribution < -0.4 is 10.9 Å². The van der Waals surface area contributed by atoms with Gasteiger partial charge in [-0.2, -0.15) is 5.10 Å². The fourth-order valence-corrected chi connectivity index (χ4v) is 2.24. The number of nitrogens with one attached hydrogen (secondary N) is 1. The molecule has 1 N–H and O–H groups in total. The molecular weight excluding hydrogens is 262 g/mol. The molecule has 0 saturated heterocycles. The minimum Gasteiger partial charge on any atom is -0.312 e. The first-order chi connectivity index (χ1) is 10.0. The molecule has 4 heteroatoms. The van der Waals surface area contributed by atoms with Crippen LogP contribution in [0.1, 0.15) is 30.0 Å². The van der Waals surface area contributed by atoms with Gasteiger partial charge in [0.25, 0.3) is 5.56 Å². The second-order valence-corrected chi connectivity index (χ2v) is 5.46. The van der Waals surface area contributed by atoms with Crippen molar-refractivity contribution in [1.29, 1.82) is 0 Å². The third-order valence-corrected chi connectivity index (χ3v) is 3.68. The molecule has 1 aromatic heterocycles. The molecule has 0 aliphatic rings. The Kier molecular flexibility index (Phi) is 4.91. The number of rotatable bonds is 5. The zero-order valence-electron chi connectivity index (χ0n) is 13.2. The molecule has 4 nitrogen and oxygen atoms in total. The van der Waals surface area contributed by atoms with Crippen molar-refractivity contribution in [2.45, 2.75) is 33.7 Å². The van der Waals surface area contributed by atoms with Gasteiger partial charge in [-0.05, 0) is 50.1 Å². The maximum atomic E-state index is 12.1. The first-order valence-electron chi connectivity index (χ1n) is 7.38. The number of benzene rings is 1. The molecule has 0 amide bonds. The topological polar surface area (TPSA) is 46.9 Å². The van der Waals surface area contributed by atoms with Crippen molar-refractivity contribution in [3.8, 4) is 11.3 Å². The van der Waals surface area contributed by atoms with Crippen LogP contribution in [0.15, 0.2) is 29.1 Å². The summed E-state index contributed by atoms with van der Waals surface area (Å²) in [4.78, 5) is 12.1. The average molecular weight is 285 g/mol. The molecule has 0 aliphatic carbocycles. The Morgan fingerprint density at radius 1 is 1.19 bits per heavy atom. The van der Waals surface area contributed by atoms with Crippen molar-refractivity contribution < 1.29 is 0 Å². The zero-order chi connectivity index (χ0) is 15.4. The van der Waals surface area contributed by atoms with E-state index in [9.17, 15) is 4.79 Å². The van der Waals surface area contributed by atoms with Gasteiger partial charge in [0.05, 0.1) is 5.69 Å². The monoisotopic (exact) mass is 285 g/mol. The van der Waals surface area contributed by atoms with Crippen molar-refractivity contribution in [2.75, 3.05) is 6.54 Å². The molecule has 0 radical (unpaired) electrons. The standard InChI is InChI=1S/C17H23N3O/c1-5-8-18-11-15-10-16(19-20(4)17(15)21)14-7-6-12(2)13(3)9-14/h6-7,9-10,18H,5,8,11H2,1-4H3. The first-order valence-corrected chi connectivity index (χ1v) is 7.38. The van der Waals surface area contributed by atoms with Gasteiger partial charge in [-0.25, -0.2) is 4.68 Å². The lowest BCUT2D eigenvalue weighted by molar-refractivity contribution is 0.643. The van der Waals surface area contributed by atoms with Crippen LogP contribution in [0.3, 0.4) is 0 Å². The Hall–Kier alpha value is -1.94. The third kappa shape index (κ3) is 3.58. The highest BCUT2D eigenvalue weighted by molar-refractivity contribution is 5.61. The SMILES string of the molecule is CCCNCc1cc(-c2ccc(C)c(C)c2)nn(C)c1=O. The number of hydrogen-bond donors (Lipinski definition) is 1. The van der Waals surface area contributed by atoms with Crippen molar-refractivity contribution in [1.82, 2.24) is 15.1 Å². The normalized spacial score (nSPS) is 10.9. The molecule has 0 bridgehead atoms. The molecule has 0 fully saturated rings. The van der Waals surface area contributed by atoms with Gasteiger partial charge in [-0.15, -0.1) is 0 Å². The van der Waals surface area contributed by atoms with Crippen molar-refractivity contribution in [3.63, 3.8) is 0 Å². The van der Waals surface area contributed by atoms with Gasteiger partial charge in [0.1, 0.15) is 0 Å². The molecule has 0 saturated carbocycles. The Morgan fingerprint density at radius 2 is 1.95 bits per heavy atom. The molecule has 112 valence electrons. The van der Waals surface area contributed by atoms with E-state index in [-0.39, 0.29) is 5.56 Å². The van der Waals surface area contributed by atoms with Gasteiger partial charge in [0, 0.05) is 24.7 Å². The fourth-order valence-electron chi connectivity index (χ4n) is 2.24. The number of aromatic nitrogens is 2. The molecule has 0 spiro atoms. The van der Waals surface area contributed by atoms with Gasteiger partial charge >= 0.3 is 0 Å². The van der Waals surface area contributed by atoms with E-state index < -0.39 is 0 Å². The minimum atomic E-state index is -0.0359. The summed E-state index contributed by atoms with van der Waals surface area (Å²) < 4.78 is 1.42. The summed E-state index contributed by atoms with van der Waals surface area (Å²) in [7, 11) is 1.70. The van der Waals surface area contributed by atoms with E-state index >= 15 is 0 Å². The number of hydrogen-bond acceptors (Lipinski definition) is 3. The lowest BCUT2D eigenvalue weighted by atomic mass is 10.0. The molecule has 1 heterocycles. The minimum absolute atomic E-state index is 0.0359. The van der Waals surface area contributed by atoms with E-state index in [1.54, 1.807) is 7.05 Å². The lowest BCUT2D eigenvalue weighted by Gasteiger charge is -2.09. The quantitative estimate of drug-likeness (QED) is 0.859.